The summed E-state index contributed by atoms with van der Waals surface area (Å²) >= 11 is 0. The largest absolute Gasteiger partial charge is 0.390 e. The summed E-state index contributed by atoms with van der Waals surface area (Å²) in [5, 5.41) is 8.85. The van der Waals surface area contributed by atoms with Crippen molar-refractivity contribution in [3.63, 3.8) is 0 Å². The van der Waals surface area contributed by atoms with Crippen molar-refractivity contribution in [3.05, 3.63) is 18.0 Å². The number of ether oxygens (including phenoxy) is 1. The van der Waals surface area contributed by atoms with E-state index in [4.69, 9.17) is 9.84 Å². The van der Waals surface area contributed by atoms with Crippen LogP contribution in [0.4, 0.5) is 0 Å². The number of rotatable bonds is 5. The molecule has 0 bridgehead atoms. The quantitative estimate of drug-likeness (QED) is 0.693. The van der Waals surface area contributed by atoms with Gasteiger partial charge in [-0.1, -0.05) is 0 Å². The number of hydrogen-bond donors (Lipinski definition) is 3. The Bertz CT molecular complexity index is 462. The van der Waals surface area contributed by atoms with E-state index in [1.54, 1.807) is 0 Å². The van der Waals surface area contributed by atoms with Crippen molar-refractivity contribution in [1.82, 2.24) is 9.71 Å². The topological polar surface area (TPSA) is 91.4 Å². The molecule has 1 unspecified atom stereocenters. The van der Waals surface area contributed by atoms with E-state index in [1.807, 2.05) is 0 Å². The molecule has 3 N–H and O–H groups in total. The van der Waals surface area contributed by atoms with E-state index in [-0.39, 0.29) is 17.6 Å². The third-order valence-electron chi connectivity index (χ3n) is 2.72. The van der Waals surface area contributed by atoms with Crippen LogP contribution in [0.2, 0.25) is 0 Å². The van der Waals surface area contributed by atoms with Gasteiger partial charge in [0.05, 0.1) is 17.6 Å². The first-order chi connectivity index (χ1) is 8.12. The number of aromatic amines is 1. The van der Waals surface area contributed by atoms with Gasteiger partial charge < -0.3 is 14.8 Å². The number of nitrogens with one attached hydrogen (secondary N) is 2. The van der Waals surface area contributed by atoms with Crippen LogP contribution in [-0.2, 0) is 21.4 Å². The lowest BCUT2D eigenvalue weighted by atomic mass is 10.2. The summed E-state index contributed by atoms with van der Waals surface area (Å²) in [6, 6.07) is 1.41. The van der Waals surface area contributed by atoms with Crippen molar-refractivity contribution in [3.8, 4) is 0 Å². The Kier molecular flexibility index (Phi) is 3.82. The zero-order chi connectivity index (χ0) is 12.3. The highest BCUT2D eigenvalue weighted by Crippen LogP contribution is 2.14. The molecule has 2 heterocycles. The minimum Gasteiger partial charge on any atom is -0.390 e. The molecule has 1 aliphatic rings. The van der Waals surface area contributed by atoms with Crippen molar-refractivity contribution in [2.24, 2.45) is 0 Å². The number of aliphatic hydroxyl groups is 1. The Balaban J connectivity index is 1.97. The zero-order valence-corrected chi connectivity index (χ0v) is 10.2. The average Bonchev–Trinajstić information content (AvgIpc) is 2.98. The molecule has 0 spiro atoms. The lowest BCUT2D eigenvalue weighted by Crippen LogP contribution is -2.31. The number of aliphatic hydroxyl groups excluding tert-OH is 1. The highest BCUT2D eigenvalue weighted by atomic mass is 32.2. The molecule has 2 rings (SSSR count). The fourth-order valence-electron chi connectivity index (χ4n) is 1.76. The van der Waals surface area contributed by atoms with Crippen LogP contribution in [0, 0.1) is 0 Å². The van der Waals surface area contributed by atoms with Crippen LogP contribution >= 0.6 is 0 Å². The van der Waals surface area contributed by atoms with Crippen LogP contribution < -0.4 is 4.72 Å². The third kappa shape index (κ3) is 3.06. The molecule has 7 heteroatoms. The maximum absolute atomic E-state index is 11.8. The second-order valence-electron chi connectivity index (χ2n) is 4.01. The van der Waals surface area contributed by atoms with Gasteiger partial charge in [0, 0.05) is 25.0 Å². The Morgan fingerprint density at radius 2 is 2.41 bits per heavy atom. The SMILES string of the molecule is O=S(=O)(NCC1CCCO1)c1c[nH]c(CO)c1. The Morgan fingerprint density at radius 1 is 1.59 bits per heavy atom. The molecule has 0 amide bonds. The van der Waals surface area contributed by atoms with Crippen LogP contribution in [0.1, 0.15) is 18.5 Å². The van der Waals surface area contributed by atoms with E-state index < -0.39 is 10.0 Å². The molecule has 0 aromatic carbocycles. The average molecular weight is 260 g/mol. The van der Waals surface area contributed by atoms with Crippen molar-refractivity contribution < 1.29 is 18.3 Å². The van der Waals surface area contributed by atoms with E-state index >= 15 is 0 Å². The van der Waals surface area contributed by atoms with Gasteiger partial charge in [0.2, 0.25) is 10.0 Å². The Morgan fingerprint density at radius 3 is 3.00 bits per heavy atom. The number of hydrogen-bond acceptors (Lipinski definition) is 4. The van der Waals surface area contributed by atoms with Crippen LogP contribution in [0.3, 0.4) is 0 Å². The normalized spacial score (nSPS) is 20.9. The molecule has 1 aromatic heterocycles. The van der Waals surface area contributed by atoms with Crippen molar-refractivity contribution >= 4 is 10.0 Å². The Labute approximate surface area is 100 Å². The van der Waals surface area contributed by atoms with Crippen LogP contribution in [-0.4, -0.2) is 37.8 Å². The maximum Gasteiger partial charge on any atom is 0.242 e. The minimum atomic E-state index is -3.51. The van der Waals surface area contributed by atoms with Gasteiger partial charge in [0.15, 0.2) is 0 Å². The molecule has 1 saturated heterocycles. The van der Waals surface area contributed by atoms with E-state index in [2.05, 4.69) is 9.71 Å². The Hall–Kier alpha value is -0.890. The predicted octanol–water partition coefficient (Wildman–Crippen LogP) is -0.0357. The fraction of sp³-hybridized carbons (Fsp3) is 0.600. The highest BCUT2D eigenvalue weighted by Gasteiger charge is 2.20. The lowest BCUT2D eigenvalue weighted by molar-refractivity contribution is 0.114. The summed E-state index contributed by atoms with van der Waals surface area (Å²) in [4.78, 5) is 2.83. The summed E-state index contributed by atoms with van der Waals surface area (Å²) in [5.74, 6) is 0. The smallest absolute Gasteiger partial charge is 0.242 e. The second-order valence-corrected chi connectivity index (χ2v) is 5.77. The predicted molar refractivity (Wildman–Crippen MR) is 60.9 cm³/mol. The third-order valence-corrected chi connectivity index (χ3v) is 4.12. The monoisotopic (exact) mass is 260 g/mol. The summed E-state index contributed by atoms with van der Waals surface area (Å²) in [6.45, 7) is 0.786. The zero-order valence-electron chi connectivity index (χ0n) is 9.35. The second kappa shape index (κ2) is 5.18. The van der Waals surface area contributed by atoms with E-state index in [9.17, 15) is 8.42 Å². The van der Waals surface area contributed by atoms with Crippen molar-refractivity contribution in [2.75, 3.05) is 13.2 Å². The molecule has 1 aliphatic heterocycles. The van der Waals surface area contributed by atoms with Gasteiger partial charge in [-0.3, -0.25) is 0 Å². The lowest BCUT2D eigenvalue weighted by Gasteiger charge is -2.10. The van der Waals surface area contributed by atoms with Gasteiger partial charge in [0.1, 0.15) is 0 Å². The van der Waals surface area contributed by atoms with E-state index in [1.165, 1.54) is 12.3 Å². The molecule has 17 heavy (non-hydrogen) atoms. The van der Waals surface area contributed by atoms with Crippen molar-refractivity contribution in [2.45, 2.75) is 30.4 Å². The molecule has 0 aliphatic carbocycles. The summed E-state index contributed by atoms with van der Waals surface area (Å²) < 4.78 is 31.5. The van der Waals surface area contributed by atoms with E-state index in [0.29, 0.717) is 18.8 Å². The molecular formula is C10H16N2O4S. The summed E-state index contributed by atoms with van der Waals surface area (Å²) in [7, 11) is -3.51. The first kappa shape index (κ1) is 12.6. The number of aromatic nitrogens is 1. The van der Waals surface area contributed by atoms with Gasteiger partial charge in [-0.05, 0) is 18.9 Å². The standard InChI is InChI=1S/C10H16N2O4S/c13-7-8-4-10(6-11-8)17(14,15)12-5-9-2-1-3-16-9/h4,6,9,11-13H,1-3,5,7H2. The van der Waals surface area contributed by atoms with Gasteiger partial charge in [-0.25, -0.2) is 13.1 Å². The van der Waals surface area contributed by atoms with Crippen LogP contribution in [0.15, 0.2) is 17.2 Å². The first-order valence-corrected chi connectivity index (χ1v) is 6.99. The molecule has 6 nitrogen and oxygen atoms in total. The number of H-pyrrole nitrogens is 1. The van der Waals surface area contributed by atoms with Gasteiger partial charge in [-0.15, -0.1) is 0 Å². The molecular weight excluding hydrogens is 244 g/mol. The first-order valence-electron chi connectivity index (χ1n) is 5.51. The maximum atomic E-state index is 11.8. The molecule has 1 fully saturated rings. The van der Waals surface area contributed by atoms with Gasteiger partial charge in [-0.2, -0.15) is 0 Å². The van der Waals surface area contributed by atoms with Crippen molar-refractivity contribution in [1.29, 1.82) is 0 Å². The van der Waals surface area contributed by atoms with Gasteiger partial charge >= 0.3 is 0 Å². The van der Waals surface area contributed by atoms with E-state index in [0.717, 1.165) is 12.8 Å². The summed E-state index contributed by atoms with van der Waals surface area (Å²) in [5.41, 5.74) is 0.475. The van der Waals surface area contributed by atoms with Crippen LogP contribution in [0.5, 0.6) is 0 Å². The molecule has 0 saturated carbocycles. The molecule has 0 radical (unpaired) electrons. The number of sulfonamides is 1. The fourth-order valence-corrected chi connectivity index (χ4v) is 2.84. The van der Waals surface area contributed by atoms with Crippen LogP contribution in [0.25, 0.3) is 0 Å². The molecule has 96 valence electrons. The van der Waals surface area contributed by atoms with Gasteiger partial charge in [0.25, 0.3) is 0 Å². The molecule has 1 aromatic rings. The minimum absolute atomic E-state index is 0.0268. The summed E-state index contributed by atoms with van der Waals surface area (Å²) in [6.07, 6.45) is 3.20. The molecule has 1 atom stereocenters. The highest BCUT2D eigenvalue weighted by molar-refractivity contribution is 7.89.